The molecule has 2 bridgehead atoms. The molecule has 1 fully saturated rings. The number of oxazole rings is 1. The molecule has 3 aromatic rings. The van der Waals surface area contributed by atoms with Crippen molar-refractivity contribution in [3.8, 4) is 5.75 Å². The first-order chi connectivity index (χ1) is 14.4. The standard InChI is InChI=1S/C23H26N4O3/c1-23-10-11-26(2)18(12-14-8-9-15(28)13-16(14)23)20(23)27(3)22(29)25-21-24-17-6-4-5-7-19(17)30-21/h4-9,13,18,20,28H,10-12H2,1-3H3,(H,24,25,29)/t18-,20+,23?/m1/s1. The lowest BCUT2D eigenvalue weighted by Crippen LogP contribution is -2.67. The highest BCUT2D eigenvalue weighted by atomic mass is 16.4. The van der Waals surface area contributed by atoms with Crippen molar-refractivity contribution in [2.75, 3.05) is 26.0 Å². The second-order valence-corrected chi connectivity index (χ2v) is 8.73. The van der Waals surface area contributed by atoms with Crippen LogP contribution in [0.2, 0.25) is 0 Å². The molecular formula is C23H26N4O3. The number of hydrogen-bond donors (Lipinski definition) is 2. The fourth-order valence-electron chi connectivity index (χ4n) is 5.37. The lowest BCUT2D eigenvalue weighted by molar-refractivity contribution is 0.0212. The van der Waals surface area contributed by atoms with E-state index in [1.54, 1.807) is 11.0 Å². The van der Waals surface area contributed by atoms with Gasteiger partial charge in [-0.3, -0.25) is 5.32 Å². The van der Waals surface area contributed by atoms with Gasteiger partial charge in [-0.2, -0.15) is 4.98 Å². The number of carbonyl (C=O) groups excluding carboxylic acids is 1. The molecule has 1 aliphatic carbocycles. The van der Waals surface area contributed by atoms with Crippen molar-refractivity contribution in [1.29, 1.82) is 0 Å². The van der Waals surface area contributed by atoms with E-state index in [1.165, 1.54) is 5.56 Å². The molecule has 0 saturated carbocycles. The van der Waals surface area contributed by atoms with Crippen LogP contribution in [0.15, 0.2) is 46.9 Å². The highest BCUT2D eigenvalue weighted by molar-refractivity contribution is 5.89. The molecule has 0 radical (unpaired) electrons. The van der Waals surface area contributed by atoms with E-state index in [1.807, 2.05) is 43.4 Å². The van der Waals surface area contributed by atoms with Crippen LogP contribution < -0.4 is 5.32 Å². The van der Waals surface area contributed by atoms with E-state index in [9.17, 15) is 9.90 Å². The largest absolute Gasteiger partial charge is 0.508 e. The number of nitrogens with zero attached hydrogens (tertiary/aromatic N) is 3. The predicted octanol–water partition coefficient (Wildman–Crippen LogP) is 3.58. The number of aromatic nitrogens is 1. The molecule has 1 unspecified atom stereocenters. The Morgan fingerprint density at radius 1 is 1.33 bits per heavy atom. The average molecular weight is 406 g/mol. The molecule has 1 saturated heterocycles. The van der Waals surface area contributed by atoms with Crippen LogP contribution >= 0.6 is 0 Å². The second-order valence-electron chi connectivity index (χ2n) is 8.73. The third-order valence-corrected chi connectivity index (χ3v) is 6.95. The van der Waals surface area contributed by atoms with E-state index in [2.05, 4.69) is 29.2 Å². The quantitative estimate of drug-likeness (QED) is 0.680. The summed E-state index contributed by atoms with van der Waals surface area (Å²) in [6.45, 7) is 3.16. The van der Waals surface area contributed by atoms with Crippen LogP contribution in [0.25, 0.3) is 11.1 Å². The Morgan fingerprint density at radius 3 is 2.93 bits per heavy atom. The summed E-state index contributed by atoms with van der Waals surface area (Å²) in [5, 5.41) is 13.0. The van der Waals surface area contributed by atoms with Gasteiger partial charge in [-0.15, -0.1) is 0 Å². The molecule has 5 rings (SSSR count). The van der Waals surface area contributed by atoms with Gasteiger partial charge < -0.3 is 19.3 Å². The predicted molar refractivity (Wildman–Crippen MR) is 115 cm³/mol. The van der Waals surface area contributed by atoms with Crippen molar-refractivity contribution >= 4 is 23.1 Å². The number of anilines is 1. The Morgan fingerprint density at radius 2 is 2.13 bits per heavy atom. The van der Waals surface area contributed by atoms with Crippen LogP contribution in [0.3, 0.4) is 0 Å². The summed E-state index contributed by atoms with van der Waals surface area (Å²) >= 11 is 0. The van der Waals surface area contributed by atoms with E-state index in [0.717, 1.165) is 24.9 Å². The molecule has 2 amide bonds. The van der Waals surface area contributed by atoms with Gasteiger partial charge >= 0.3 is 12.0 Å². The number of likely N-dealkylation sites (tertiary alicyclic amines) is 1. The highest BCUT2D eigenvalue weighted by Crippen LogP contribution is 2.47. The fourth-order valence-corrected chi connectivity index (χ4v) is 5.37. The molecule has 2 aliphatic rings. The minimum atomic E-state index is -0.253. The molecule has 30 heavy (non-hydrogen) atoms. The van der Waals surface area contributed by atoms with E-state index in [-0.39, 0.29) is 35.3 Å². The molecule has 2 N–H and O–H groups in total. The number of nitrogens with one attached hydrogen (secondary N) is 1. The molecule has 1 aromatic heterocycles. The molecule has 0 spiro atoms. The van der Waals surface area contributed by atoms with Crippen LogP contribution in [0.4, 0.5) is 10.8 Å². The SMILES string of the molecule is CN1CCC2(C)c3cc(O)ccc3C[C@@H]1[C@@H]2N(C)C(=O)Nc1nc2ccccc2o1. The number of benzene rings is 2. The van der Waals surface area contributed by atoms with Crippen molar-refractivity contribution in [3.63, 3.8) is 0 Å². The summed E-state index contributed by atoms with van der Waals surface area (Å²) in [5.74, 6) is 0.268. The monoisotopic (exact) mass is 406 g/mol. The van der Waals surface area contributed by atoms with Crippen molar-refractivity contribution < 1.29 is 14.3 Å². The van der Waals surface area contributed by atoms with Crippen LogP contribution in [0.5, 0.6) is 5.75 Å². The van der Waals surface area contributed by atoms with E-state index in [0.29, 0.717) is 11.1 Å². The van der Waals surface area contributed by atoms with Crippen LogP contribution in [0.1, 0.15) is 24.5 Å². The number of likely N-dealkylation sites (N-methyl/N-ethyl adjacent to an activating group) is 2. The van der Waals surface area contributed by atoms with Gasteiger partial charge in [-0.05, 0) is 61.8 Å². The maximum Gasteiger partial charge on any atom is 0.325 e. The average Bonchev–Trinajstić information content (AvgIpc) is 3.13. The summed E-state index contributed by atoms with van der Waals surface area (Å²) < 4.78 is 5.68. The fraction of sp³-hybridized carbons (Fsp3) is 0.391. The number of aromatic hydroxyl groups is 1. The molecule has 2 aromatic carbocycles. The molecule has 156 valence electrons. The summed E-state index contributed by atoms with van der Waals surface area (Å²) in [6.07, 6.45) is 1.74. The maximum atomic E-state index is 13.2. The third kappa shape index (κ3) is 2.84. The topological polar surface area (TPSA) is 81.8 Å². The zero-order chi connectivity index (χ0) is 21.0. The van der Waals surface area contributed by atoms with E-state index >= 15 is 0 Å². The number of hydrogen-bond acceptors (Lipinski definition) is 5. The van der Waals surface area contributed by atoms with Gasteiger partial charge in [0, 0.05) is 18.5 Å². The van der Waals surface area contributed by atoms with Gasteiger partial charge in [0.15, 0.2) is 5.58 Å². The van der Waals surface area contributed by atoms with E-state index in [4.69, 9.17) is 4.42 Å². The molecule has 2 heterocycles. The van der Waals surface area contributed by atoms with Gasteiger partial charge in [-0.1, -0.05) is 25.1 Å². The van der Waals surface area contributed by atoms with Crippen molar-refractivity contribution in [2.24, 2.45) is 0 Å². The minimum absolute atomic E-state index is 0.0464. The molecule has 7 nitrogen and oxygen atoms in total. The third-order valence-electron chi connectivity index (χ3n) is 6.95. The summed E-state index contributed by atoms with van der Waals surface area (Å²) in [5.41, 5.74) is 3.48. The number of para-hydroxylation sites is 2. The Hall–Kier alpha value is -3.06. The van der Waals surface area contributed by atoms with Gasteiger partial charge in [0.1, 0.15) is 11.3 Å². The summed E-state index contributed by atoms with van der Waals surface area (Å²) in [7, 11) is 3.95. The number of rotatable bonds is 2. The second kappa shape index (κ2) is 6.74. The number of amides is 2. The first kappa shape index (κ1) is 18.9. The van der Waals surface area contributed by atoms with Gasteiger partial charge in [0.05, 0.1) is 6.04 Å². The van der Waals surface area contributed by atoms with Crippen LogP contribution in [-0.4, -0.2) is 58.6 Å². The van der Waals surface area contributed by atoms with Crippen LogP contribution in [-0.2, 0) is 11.8 Å². The number of urea groups is 1. The van der Waals surface area contributed by atoms with Crippen molar-refractivity contribution in [1.82, 2.24) is 14.8 Å². The normalized spacial score (nSPS) is 25.7. The minimum Gasteiger partial charge on any atom is -0.508 e. The number of phenolic OH excluding ortho intramolecular Hbond substituents is 1. The molecule has 1 aliphatic heterocycles. The Balaban J connectivity index is 1.47. The molecule has 3 atom stereocenters. The maximum absolute atomic E-state index is 13.2. The highest BCUT2D eigenvalue weighted by Gasteiger charge is 2.52. The Kier molecular flexibility index (Phi) is 4.25. The Labute approximate surface area is 175 Å². The number of piperidine rings is 1. The summed E-state index contributed by atoms with van der Waals surface area (Å²) in [6, 6.07) is 13.2. The van der Waals surface area contributed by atoms with Gasteiger partial charge in [0.25, 0.3) is 0 Å². The van der Waals surface area contributed by atoms with Gasteiger partial charge in [-0.25, -0.2) is 4.79 Å². The smallest absolute Gasteiger partial charge is 0.325 e. The Bertz CT molecular complexity index is 1090. The molecular weight excluding hydrogens is 380 g/mol. The van der Waals surface area contributed by atoms with Gasteiger partial charge in [0.2, 0.25) is 0 Å². The lowest BCUT2D eigenvalue weighted by atomic mass is 9.61. The zero-order valence-corrected chi connectivity index (χ0v) is 17.4. The van der Waals surface area contributed by atoms with Crippen molar-refractivity contribution in [2.45, 2.75) is 37.3 Å². The first-order valence-corrected chi connectivity index (χ1v) is 10.3. The lowest BCUT2D eigenvalue weighted by Gasteiger charge is -2.57. The van der Waals surface area contributed by atoms with Crippen LogP contribution in [0, 0.1) is 0 Å². The number of phenols is 1. The number of fused-ring (bicyclic) bond motifs is 5. The van der Waals surface area contributed by atoms with E-state index < -0.39 is 0 Å². The summed E-state index contributed by atoms with van der Waals surface area (Å²) in [4.78, 5) is 21.7. The first-order valence-electron chi connectivity index (χ1n) is 10.3. The zero-order valence-electron chi connectivity index (χ0n) is 17.4. The molecule has 7 heteroatoms. The van der Waals surface area contributed by atoms with Crippen molar-refractivity contribution in [3.05, 3.63) is 53.6 Å². The number of carbonyl (C=O) groups is 1.